The molecule has 29 heavy (non-hydrogen) atoms. The van der Waals surface area contributed by atoms with Crippen molar-refractivity contribution in [3.05, 3.63) is 101 Å². The molecule has 0 fully saturated rings. The second-order valence-electron chi connectivity index (χ2n) is 7.26. The van der Waals surface area contributed by atoms with Crippen molar-refractivity contribution in [2.75, 3.05) is 14.2 Å². The molecule has 1 heterocycles. The third kappa shape index (κ3) is 4.80. The van der Waals surface area contributed by atoms with Crippen LogP contribution >= 0.6 is 12.4 Å². The topological polar surface area (TPSA) is 24.8 Å². The van der Waals surface area contributed by atoms with Crippen molar-refractivity contribution in [1.82, 2.24) is 4.90 Å². The normalized spacial score (nSPS) is 15.6. The standard InChI is InChI=1S/C25H26N2O.ClH/c1-27-18-21-10-6-7-11-23(21)25(20-8-4-3-5-9-20)26-24(27)17-14-19-12-15-22(28-2)16-13-19;/h3-13,15-16,25H,14,17-18H2,1-2H3;1H. The number of amidine groups is 1. The summed E-state index contributed by atoms with van der Waals surface area (Å²) in [6, 6.07) is 27.7. The summed E-state index contributed by atoms with van der Waals surface area (Å²) in [5.41, 5.74) is 5.20. The summed E-state index contributed by atoms with van der Waals surface area (Å²) in [6.45, 7) is 0.890. The van der Waals surface area contributed by atoms with E-state index in [1.165, 1.54) is 22.3 Å². The van der Waals surface area contributed by atoms with Crippen molar-refractivity contribution in [2.24, 2.45) is 4.99 Å². The third-order valence-electron chi connectivity index (χ3n) is 5.39. The Kier molecular flexibility index (Phi) is 6.95. The molecule has 0 aliphatic carbocycles. The van der Waals surface area contributed by atoms with Crippen LogP contribution in [0.3, 0.4) is 0 Å². The van der Waals surface area contributed by atoms with Crippen molar-refractivity contribution >= 4 is 18.2 Å². The molecule has 0 spiro atoms. The monoisotopic (exact) mass is 406 g/mol. The Bertz CT molecular complexity index is 954. The van der Waals surface area contributed by atoms with Crippen LogP contribution in [0, 0.1) is 0 Å². The van der Waals surface area contributed by atoms with E-state index in [4.69, 9.17) is 9.73 Å². The largest absolute Gasteiger partial charge is 0.497 e. The first-order chi connectivity index (χ1) is 13.7. The highest BCUT2D eigenvalue weighted by atomic mass is 35.5. The molecule has 4 heteroatoms. The number of nitrogens with zero attached hydrogens (tertiary/aromatic N) is 2. The van der Waals surface area contributed by atoms with Gasteiger partial charge >= 0.3 is 0 Å². The van der Waals surface area contributed by atoms with E-state index in [1.807, 2.05) is 12.1 Å². The SMILES string of the molecule is COc1ccc(CCC2=NC(c3ccccc3)c3ccccc3CN2C)cc1.Cl. The second kappa shape index (κ2) is 9.62. The molecule has 3 nitrogen and oxygen atoms in total. The highest BCUT2D eigenvalue weighted by Gasteiger charge is 2.23. The smallest absolute Gasteiger partial charge is 0.118 e. The summed E-state index contributed by atoms with van der Waals surface area (Å²) in [4.78, 5) is 7.53. The van der Waals surface area contributed by atoms with E-state index >= 15 is 0 Å². The Balaban J connectivity index is 0.00000240. The van der Waals surface area contributed by atoms with Gasteiger partial charge in [-0.25, -0.2) is 0 Å². The molecular formula is C25H27ClN2O. The van der Waals surface area contributed by atoms with Crippen LogP contribution in [0.2, 0.25) is 0 Å². The van der Waals surface area contributed by atoms with Crippen molar-refractivity contribution in [3.8, 4) is 5.75 Å². The predicted octanol–water partition coefficient (Wildman–Crippen LogP) is 5.68. The number of ether oxygens (including phenoxy) is 1. The van der Waals surface area contributed by atoms with Crippen LogP contribution in [0.1, 0.15) is 34.7 Å². The van der Waals surface area contributed by atoms with Gasteiger partial charge in [-0.15, -0.1) is 12.4 Å². The van der Waals surface area contributed by atoms with E-state index < -0.39 is 0 Å². The molecule has 1 unspecified atom stereocenters. The summed E-state index contributed by atoms with van der Waals surface area (Å²) in [7, 11) is 3.85. The highest BCUT2D eigenvalue weighted by Crippen LogP contribution is 2.32. The van der Waals surface area contributed by atoms with Crippen molar-refractivity contribution in [3.63, 3.8) is 0 Å². The summed E-state index contributed by atoms with van der Waals surface area (Å²) < 4.78 is 5.26. The van der Waals surface area contributed by atoms with Gasteiger partial charge in [0.15, 0.2) is 0 Å². The van der Waals surface area contributed by atoms with E-state index in [0.29, 0.717) is 0 Å². The Hall–Kier alpha value is -2.78. The van der Waals surface area contributed by atoms with Gasteiger partial charge in [-0.3, -0.25) is 4.99 Å². The first kappa shape index (κ1) is 20.9. The molecule has 4 rings (SSSR count). The maximum absolute atomic E-state index is 5.26. The minimum atomic E-state index is 0. The minimum Gasteiger partial charge on any atom is -0.497 e. The number of aliphatic imine (C=N–C) groups is 1. The molecule has 0 N–H and O–H groups in total. The van der Waals surface area contributed by atoms with Crippen LogP contribution < -0.4 is 4.74 Å². The van der Waals surface area contributed by atoms with Gasteiger partial charge in [0.1, 0.15) is 17.6 Å². The average molecular weight is 407 g/mol. The number of halogens is 1. The van der Waals surface area contributed by atoms with E-state index in [1.54, 1.807) is 7.11 Å². The fourth-order valence-corrected chi connectivity index (χ4v) is 3.80. The second-order valence-corrected chi connectivity index (χ2v) is 7.26. The van der Waals surface area contributed by atoms with Crippen LogP contribution in [0.5, 0.6) is 5.75 Å². The van der Waals surface area contributed by atoms with E-state index in [9.17, 15) is 0 Å². The maximum atomic E-state index is 5.26. The number of rotatable bonds is 5. The summed E-state index contributed by atoms with van der Waals surface area (Å²) >= 11 is 0. The van der Waals surface area contributed by atoms with E-state index in [-0.39, 0.29) is 18.4 Å². The summed E-state index contributed by atoms with van der Waals surface area (Å²) in [5.74, 6) is 2.05. The third-order valence-corrected chi connectivity index (χ3v) is 5.39. The minimum absolute atomic E-state index is 0. The molecule has 1 aliphatic rings. The Morgan fingerprint density at radius 1 is 0.897 bits per heavy atom. The van der Waals surface area contributed by atoms with Gasteiger partial charge < -0.3 is 9.64 Å². The lowest BCUT2D eigenvalue weighted by Crippen LogP contribution is -2.26. The molecule has 0 saturated heterocycles. The zero-order chi connectivity index (χ0) is 19.3. The van der Waals surface area contributed by atoms with Crippen molar-refractivity contribution in [1.29, 1.82) is 0 Å². The van der Waals surface area contributed by atoms with Gasteiger partial charge in [0.2, 0.25) is 0 Å². The Labute approximate surface area is 179 Å². The molecule has 0 saturated carbocycles. The summed E-state index contributed by atoms with van der Waals surface area (Å²) in [5, 5.41) is 0. The molecule has 0 radical (unpaired) electrons. The molecule has 0 bridgehead atoms. The van der Waals surface area contributed by atoms with Gasteiger partial charge in [0.25, 0.3) is 0 Å². The van der Waals surface area contributed by atoms with Crippen LogP contribution in [0.4, 0.5) is 0 Å². The molecule has 1 aliphatic heterocycles. The summed E-state index contributed by atoms with van der Waals surface area (Å²) in [6.07, 6.45) is 1.88. The molecule has 3 aromatic carbocycles. The predicted molar refractivity (Wildman–Crippen MR) is 122 cm³/mol. The lowest BCUT2D eigenvalue weighted by atomic mass is 9.95. The van der Waals surface area contributed by atoms with Gasteiger partial charge in [0.05, 0.1) is 7.11 Å². The molecule has 0 amide bonds. The fraction of sp³-hybridized carbons (Fsp3) is 0.240. The van der Waals surface area contributed by atoms with Crippen LogP contribution in [0.25, 0.3) is 0 Å². The molecular weight excluding hydrogens is 380 g/mol. The Morgan fingerprint density at radius 3 is 2.31 bits per heavy atom. The van der Waals surface area contributed by atoms with E-state index in [2.05, 4.69) is 78.7 Å². The lowest BCUT2D eigenvalue weighted by Gasteiger charge is -2.20. The van der Waals surface area contributed by atoms with Gasteiger partial charge in [-0.2, -0.15) is 0 Å². The number of methoxy groups -OCH3 is 1. The van der Waals surface area contributed by atoms with Gasteiger partial charge in [0, 0.05) is 20.0 Å². The van der Waals surface area contributed by atoms with Crippen molar-refractivity contribution in [2.45, 2.75) is 25.4 Å². The zero-order valence-electron chi connectivity index (χ0n) is 16.9. The van der Waals surface area contributed by atoms with Gasteiger partial charge in [-0.1, -0.05) is 66.7 Å². The first-order valence-electron chi connectivity index (χ1n) is 9.78. The highest BCUT2D eigenvalue weighted by molar-refractivity contribution is 5.85. The molecule has 3 aromatic rings. The number of hydrogen-bond acceptors (Lipinski definition) is 3. The van der Waals surface area contributed by atoms with Gasteiger partial charge in [-0.05, 0) is 40.8 Å². The number of aryl methyl sites for hydroxylation is 1. The molecule has 0 aromatic heterocycles. The number of fused-ring (bicyclic) bond motifs is 1. The molecule has 1 atom stereocenters. The van der Waals surface area contributed by atoms with Crippen LogP contribution in [-0.2, 0) is 13.0 Å². The average Bonchev–Trinajstić information content (AvgIpc) is 2.89. The quantitative estimate of drug-likeness (QED) is 0.544. The number of benzene rings is 3. The first-order valence-corrected chi connectivity index (χ1v) is 9.78. The van der Waals surface area contributed by atoms with E-state index in [0.717, 1.165) is 31.0 Å². The van der Waals surface area contributed by atoms with Crippen molar-refractivity contribution < 1.29 is 4.74 Å². The molecule has 150 valence electrons. The maximum Gasteiger partial charge on any atom is 0.118 e. The van der Waals surface area contributed by atoms with Crippen LogP contribution in [0.15, 0.2) is 83.9 Å². The lowest BCUT2D eigenvalue weighted by molar-refractivity contribution is 0.414. The van der Waals surface area contributed by atoms with Crippen LogP contribution in [-0.4, -0.2) is 24.9 Å². The number of hydrogen-bond donors (Lipinski definition) is 0. The zero-order valence-corrected chi connectivity index (χ0v) is 17.7. The fourth-order valence-electron chi connectivity index (χ4n) is 3.80. The Morgan fingerprint density at radius 2 is 1.59 bits per heavy atom.